The SMILES string of the molecule is O=C(O)CC(NC(=O)N1CCCC(CO)C1)C(=O)O. The van der Waals surface area contributed by atoms with Gasteiger partial charge in [-0.3, -0.25) is 4.79 Å². The van der Waals surface area contributed by atoms with Crippen LogP contribution < -0.4 is 5.32 Å². The first-order chi connectivity index (χ1) is 8.93. The van der Waals surface area contributed by atoms with Gasteiger partial charge in [-0.05, 0) is 18.8 Å². The molecule has 0 aromatic heterocycles. The highest BCUT2D eigenvalue weighted by atomic mass is 16.4. The van der Waals surface area contributed by atoms with Gasteiger partial charge in [0.25, 0.3) is 0 Å². The van der Waals surface area contributed by atoms with Gasteiger partial charge in [0.2, 0.25) is 0 Å². The van der Waals surface area contributed by atoms with E-state index < -0.39 is 30.4 Å². The van der Waals surface area contributed by atoms with Gasteiger partial charge in [0.15, 0.2) is 0 Å². The standard InChI is InChI=1S/C11H18N2O6/c14-6-7-2-1-3-13(5-7)11(19)12-8(10(17)18)4-9(15)16/h7-8,14H,1-6H2,(H,12,19)(H,15,16)(H,17,18). The van der Waals surface area contributed by atoms with Crippen LogP contribution in [0.15, 0.2) is 0 Å². The second-order valence-electron chi connectivity index (χ2n) is 4.58. The minimum atomic E-state index is -1.44. The Kier molecular flexibility index (Phi) is 5.56. The zero-order valence-corrected chi connectivity index (χ0v) is 10.4. The summed E-state index contributed by atoms with van der Waals surface area (Å²) in [6.07, 6.45) is 0.880. The van der Waals surface area contributed by atoms with Crippen LogP contribution in [0, 0.1) is 5.92 Å². The van der Waals surface area contributed by atoms with Crippen molar-refractivity contribution in [3.63, 3.8) is 0 Å². The van der Waals surface area contributed by atoms with Gasteiger partial charge in [0, 0.05) is 19.7 Å². The summed E-state index contributed by atoms with van der Waals surface area (Å²) < 4.78 is 0. The van der Waals surface area contributed by atoms with Crippen molar-refractivity contribution >= 4 is 18.0 Å². The third-order valence-electron chi connectivity index (χ3n) is 3.04. The van der Waals surface area contributed by atoms with Crippen LogP contribution in [0.3, 0.4) is 0 Å². The summed E-state index contributed by atoms with van der Waals surface area (Å²) in [7, 11) is 0. The summed E-state index contributed by atoms with van der Waals surface area (Å²) in [4.78, 5) is 34.6. The van der Waals surface area contributed by atoms with E-state index in [4.69, 9.17) is 15.3 Å². The van der Waals surface area contributed by atoms with E-state index in [2.05, 4.69) is 5.32 Å². The van der Waals surface area contributed by atoms with E-state index in [1.807, 2.05) is 0 Å². The Bertz CT molecular complexity index is 359. The molecule has 1 aliphatic heterocycles. The zero-order valence-electron chi connectivity index (χ0n) is 10.4. The van der Waals surface area contributed by atoms with Crippen molar-refractivity contribution in [3.8, 4) is 0 Å². The van der Waals surface area contributed by atoms with E-state index in [-0.39, 0.29) is 12.5 Å². The smallest absolute Gasteiger partial charge is 0.326 e. The number of carboxylic acids is 2. The van der Waals surface area contributed by atoms with E-state index in [1.165, 1.54) is 4.90 Å². The number of aliphatic hydroxyl groups excluding tert-OH is 1. The number of piperidine rings is 1. The highest BCUT2D eigenvalue weighted by Crippen LogP contribution is 2.15. The first-order valence-corrected chi connectivity index (χ1v) is 6.05. The molecule has 19 heavy (non-hydrogen) atoms. The number of carbonyl (C=O) groups excluding carboxylic acids is 1. The molecule has 0 aromatic carbocycles. The van der Waals surface area contributed by atoms with E-state index in [0.717, 1.165) is 12.8 Å². The zero-order chi connectivity index (χ0) is 14.4. The lowest BCUT2D eigenvalue weighted by atomic mass is 9.99. The number of carbonyl (C=O) groups is 3. The number of nitrogens with one attached hydrogen (secondary N) is 1. The molecule has 1 fully saturated rings. The minimum absolute atomic E-state index is 0.0118. The highest BCUT2D eigenvalue weighted by molar-refractivity contribution is 5.86. The largest absolute Gasteiger partial charge is 0.481 e. The number of aliphatic carboxylic acids is 2. The van der Waals surface area contributed by atoms with Gasteiger partial charge in [0.05, 0.1) is 6.42 Å². The maximum Gasteiger partial charge on any atom is 0.326 e. The summed E-state index contributed by atoms with van der Waals surface area (Å²) >= 11 is 0. The molecule has 2 unspecified atom stereocenters. The summed E-state index contributed by atoms with van der Waals surface area (Å²) in [6, 6.07) is -2.05. The number of aliphatic hydroxyl groups is 1. The molecular formula is C11H18N2O6. The number of hydrogen-bond donors (Lipinski definition) is 4. The maximum atomic E-state index is 11.8. The average molecular weight is 274 g/mol. The topological polar surface area (TPSA) is 127 Å². The second-order valence-corrected chi connectivity index (χ2v) is 4.58. The third kappa shape index (κ3) is 4.74. The van der Waals surface area contributed by atoms with Crippen LogP contribution in [0.1, 0.15) is 19.3 Å². The van der Waals surface area contributed by atoms with Gasteiger partial charge >= 0.3 is 18.0 Å². The molecule has 0 bridgehead atoms. The fraction of sp³-hybridized carbons (Fsp3) is 0.727. The van der Waals surface area contributed by atoms with Crippen molar-refractivity contribution in [2.75, 3.05) is 19.7 Å². The summed E-state index contributed by atoms with van der Waals surface area (Å²) in [5.41, 5.74) is 0. The predicted octanol–water partition coefficient (Wildman–Crippen LogP) is -0.672. The molecule has 108 valence electrons. The average Bonchev–Trinajstić information content (AvgIpc) is 2.37. The van der Waals surface area contributed by atoms with E-state index >= 15 is 0 Å². The van der Waals surface area contributed by atoms with Gasteiger partial charge in [-0.25, -0.2) is 9.59 Å². The lowest BCUT2D eigenvalue weighted by molar-refractivity contribution is -0.145. The Balaban J connectivity index is 2.56. The van der Waals surface area contributed by atoms with Gasteiger partial charge in [0.1, 0.15) is 6.04 Å². The number of amides is 2. The molecule has 0 radical (unpaired) electrons. The van der Waals surface area contributed by atoms with Crippen molar-refractivity contribution in [1.29, 1.82) is 0 Å². The molecule has 1 saturated heterocycles. The van der Waals surface area contributed by atoms with E-state index in [0.29, 0.717) is 13.1 Å². The van der Waals surface area contributed by atoms with Gasteiger partial charge in [-0.1, -0.05) is 0 Å². The fourth-order valence-corrected chi connectivity index (χ4v) is 2.01. The quantitative estimate of drug-likeness (QED) is 0.526. The van der Waals surface area contributed by atoms with Crippen molar-refractivity contribution in [2.24, 2.45) is 5.92 Å². The lowest BCUT2D eigenvalue weighted by Crippen LogP contribution is -2.51. The maximum absolute atomic E-state index is 11.8. The third-order valence-corrected chi connectivity index (χ3v) is 3.04. The molecular weight excluding hydrogens is 256 g/mol. The Morgan fingerprint density at radius 3 is 2.53 bits per heavy atom. The van der Waals surface area contributed by atoms with Crippen LogP contribution in [0.25, 0.3) is 0 Å². The molecule has 4 N–H and O–H groups in total. The molecule has 0 aromatic rings. The summed E-state index contributed by atoms with van der Waals surface area (Å²) in [6.45, 7) is 0.796. The Morgan fingerprint density at radius 2 is 2.00 bits per heavy atom. The molecule has 0 aliphatic carbocycles. The molecule has 0 spiro atoms. The van der Waals surface area contributed by atoms with Crippen LogP contribution in [0.2, 0.25) is 0 Å². The van der Waals surface area contributed by atoms with Crippen LogP contribution in [0.4, 0.5) is 4.79 Å². The van der Waals surface area contributed by atoms with Crippen LogP contribution in [0.5, 0.6) is 0 Å². The van der Waals surface area contributed by atoms with Crippen LogP contribution in [-0.2, 0) is 9.59 Å². The molecule has 8 heteroatoms. The lowest BCUT2D eigenvalue weighted by Gasteiger charge is -2.32. The molecule has 1 heterocycles. The fourth-order valence-electron chi connectivity index (χ4n) is 2.01. The van der Waals surface area contributed by atoms with Crippen LogP contribution in [-0.4, -0.2) is 63.9 Å². The number of carboxylic acid groups (broad SMARTS) is 2. The molecule has 0 saturated carbocycles. The first kappa shape index (κ1) is 15.2. The first-order valence-electron chi connectivity index (χ1n) is 6.05. The number of urea groups is 1. The van der Waals surface area contributed by atoms with E-state index in [1.54, 1.807) is 0 Å². The van der Waals surface area contributed by atoms with Crippen molar-refractivity contribution < 1.29 is 29.7 Å². The summed E-state index contributed by atoms with van der Waals surface area (Å²) in [5, 5.41) is 28.6. The number of rotatable bonds is 5. The second kappa shape index (κ2) is 6.93. The number of hydrogen-bond acceptors (Lipinski definition) is 4. The molecule has 1 aliphatic rings. The molecule has 8 nitrogen and oxygen atoms in total. The Morgan fingerprint density at radius 1 is 1.32 bits per heavy atom. The van der Waals surface area contributed by atoms with E-state index in [9.17, 15) is 14.4 Å². The molecule has 1 rings (SSSR count). The summed E-state index contributed by atoms with van der Waals surface area (Å²) in [5.74, 6) is -2.69. The van der Waals surface area contributed by atoms with Crippen molar-refractivity contribution in [1.82, 2.24) is 10.2 Å². The van der Waals surface area contributed by atoms with Gasteiger partial charge in [-0.15, -0.1) is 0 Å². The number of nitrogens with zero attached hydrogens (tertiary/aromatic N) is 1. The Labute approximate surface area is 110 Å². The number of likely N-dealkylation sites (tertiary alicyclic amines) is 1. The van der Waals surface area contributed by atoms with Gasteiger partial charge in [-0.2, -0.15) is 0 Å². The monoisotopic (exact) mass is 274 g/mol. The molecule has 2 amide bonds. The van der Waals surface area contributed by atoms with Crippen molar-refractivity contribution in [2.45, 2.75) is 25.3 Å². The normalized spacial score (nSPS) is 20.7. The van der Waals surface area contributed by atoms with Crippen LogP contribution >= 0.6 is 0 Å². The highest BCUT2D eigenvalue weighted by Gasteiger charge is 2.28. The predicted molar refractivity (Wildman–Crippen MR) is 63.6 cm³/mol. The Hall–Kier alpha value is -1.83. The van der Waals surface area contributed by atoms with Crippen molar-refractivity contribution in [3.05, 3.63) is 0 Å². The van der Waals surface area contributed by atoms with Gasteiger partial charge < -0.3 is 25.5 Å². The molecule has 2 atom stereocenters. The minimum Gasteiger partial charge on any atom is -0.481 e.